The van der Waals surface area contributed by atoms with Crippen molar-refractivity contribution in [2.24, 2.45) is 5.92 Å². The maximum absolute atomic E-state index is 12.2. The fourth-order valence-corrected chi connectivity index (χ4v) is 4.51. The van der Waals surface area contributed by atoms with Crippen LogP contribution in [0.4, 0.5) is 4.79 Å². The first-order valence-electron chi connectivity index (χ1n) is 10.7. The van der Waals surface area contributed by atoms with Crippen molar-refractivity contribution < 1.29 is 14.3 Å². The van der Waals surface area contributed by atoms with Crippen molar-refractivity contribution in [2.75, 3.05) is 40.1 Å². The molecular weight excluding hydrogens is 410 g/mol. The number of benzene rings is 2. The SMILES string of the molecule is COc1ccc(CNC(=O)NCC2CCN(Cc3ccccc3SC)CC2)cc1OC. The highest BCUT2D eigenvalue weighted by Crippen LogP contribution is 2.27. The number of methoxy groups -OCH3 is 2. The summed E-state index contributed by atoms with van der Waals surface area (Å²) in [6.07, 6.45) is 4.35. The minimum atomic E-state index is -0.133. The van der Waals surface area contributed by atoms with Gasteiger partial charge < -0.3 is 20.1 Å². The summed E-state index contributed by atoms with van der Waals surface area (Å²) in [6, 6.07) is 14.1. The molecule has 0 bridgehead atoms. The average molecular weight is 444 g/mol. The van der Waals surface area contributed by atoms with E-state index in [-0.39, 0.29) is 6.03 Å². The molecule has 31 heavy (non-hydrogen) atoms. The number of amides is 2. The molecule has 2 N–H and O–H groups in total. The lowest BCUT2D eigenvalue weighted by molar-refractivity contribution is 0.174. The highest BCUT2D eigenvalue weighted by molar-refractivity contribution is 7.98. The van der Waals surface area contributed by atoms with Crippen molar-refractivity contribution in [2.45, 2.75) is 30.8 Å². The molecule has 168 valence electrons. The molecule has 0 spiro atoms. The quantitative estimate of drug-likeness (QED) is 0.571. The van der Waals surface area contributed by atoms with Gasteiger partial charge in [0.15, 0.2) is 11.5 Å². The molecule has 0 aliphatic carbocycles. The lowest BCUT2D eigenvalue weighted by atomic mass is 9.96. The summed E-state index contributed by atoms with van der Waals surface area (Å²) in [5.74, 6) is 1.87. The second kappa shape index (κ2) is 11.9. The van der Waals surface area contributed by atoms with Crippen molar-refractivity contribution in [3.63, 3.8) is 0 Å². The van der Waals surface area contributed by atoms with Crippen LogP contribution in [0.3, 0.4) is 0 Å². The van der Waals surface area contributed by atoms with Crippen LogP contribution in [0.5, 0.6) is 11.5 Å². The van der Waals surface area contributed by atoms with E-state index in [9.17, 15) is 4.79 Å². The van der Waals surface area contributed by atoms with Gasteiger partial charge in [-0.2, -0.15) is 0 Å². The summed E-state index contributed by atoms with van der Waals surface area (Å²) in [5.41, 5.74) is 2.37. The fraction of sp³-hybridized carbons (Fsp3) is 0.458. The smallest absolute Gasteiger partial charge is 0.315 e. The van der Waals surface area contributed by atoms with Crippen LogP contribution in [0.15, 0.2) is 47.4 Å². The van der Waals surface area contributed by atoms with Crippen LogP contribution in [0.25, 0.3) is 0 Å². The molecule has 2 aromatic carbocycles. The molecule has 0 atom stereocenters. The van der Waals surface area contributed by atoms with Gasteiger partial charge in [0.25, 0.3) is 0 Å². The molecule has 0 saturated carbocycles. The third-order valence-electron chi connectivity index (χ3n) is 5.75. The zero-order valence-corrected chi connectivity index (χ0v) is 19.5. The lowest BCUT2D eigenvalue weighted by Crippen LogP contribution is -2.41. The molecule has 6 nitrogen and oxygen atoms in total. The zero-order chi connectivity index (χ0) is 22.1. The van der Waals surface area contributed by atoms with Crippen LogP contribution < -0.4 is 20.1 Å². The van der Waals surface area contributed by atoms with E-state index in [1.807, 2.05) is 30.0 Å². The number of nitrogens with zero attached hydrogens (tertiary/aromatic N) is 1. The number of carbonyl (C=O) groups is 1. The Labute approximate surface area is 189 Å². The van der Waals surface area contributed by atoms with Gasteiger partial charge in [0, 0.05) is 24.5 Å². The predicted molar refractivity (Wildman–Crippen MR) is 126 cm³/mol. The summed E-state index contributed by atoms with van der Waals surface area (Å²) >= 11 is 1.81. The van der Waals surface area contributed by atoms with Gasteiger partial charge in [0.05, 0.1) is 14.2 Å². The van der Waals surface area contributed by atoms with Crippen LogP contribution >= 0.6 is 11.8 Å². The van der Waals surface area contributed by atoms with Gasteiger partial charge in [-0.1, -0.05) is 24.3 Å². The van der Waals surface area contributed by atoms with Gasteiger partial charge in [-0.25, -0.2) is 4.79 Å². The first kappa shape index (κ1) is 23.3. The Hall–Kier alpha value is -2.38. The monoisotopic (exact) mass is 443 g/mol. The van der Waals surface area contributed by atoms with E-state index in [2.05, 4.69) is 46.1 Å². The van der Waals surface area contributed by atoms with E-state index in [4.69, 9.17) is 9.47 Å². The number of piperidine rings is 1. The van der Waals surface area contributed by atoms with Crippen LogP contribution in [-0.2, 0) is 13.1 Å². The third-order valence-corrected chi connectivity index (χ3v) is 6.58. The number of likely N-dealkylation sites (tertiary alicyclic amines) is 1. The molecule has 1 saturated heterocycles. The lowest BCUT2D eigenvalue weighted by Gasteiger charge is -2.32. The Kier molecular flexibility index (Phi) is 8.91. The van der Waals surface area contributed by atoms with Gasteiger partial charge in [0.2, 0.25) is 0 Å². The number of urea groups is 1. The summed E-state index contributed by atoms with van der Waals surface area (Å²) in [6.45, 7) is 4.31. The maximum atomic E-state index is 12.2. The number of ether oxygens (including phenoxy) is 2. The topological polar surface area (TPSA) is 62.8 Å². The second-order valence-corrected chi connectivity index (χ2v) is 8.63. The molecule has 1 fully saturated rings. The fourth-order valence-electron chi connectivity index (χ4n) is 3.90. The number of hydrogen-bond donors (Lipinski definition) is 2. The molecule has 0 radical (unpaired) electrons. The molecule has 0 unspecified atom stereocenters. The van der Waals surface area contributed by atoms with E-state index < -0.39 is 0 Å². The van der Waals surface area contributed by atoms with Crippen molar-refractivity contribution >= 4 is 17.8 Å². The van der Waals surface area contributed by atoms with Crippen molar-refractivity contribution in [3.8, 4) is 11.5 Å². The zero-order valence-electron chi connectivity index (χ0n) is 18.6. The van der Waals surface area contributed by atoms with Crippen LogP contribution in [0.1, 0.15) is 24.0 Å². The Bertz CT molecular complexity index is 854. The number of carbonyl (C=O) groups excluding carboxylic acids is 1. The Balaban J connectivity index is 1.37. The molecule has 1 heterocycles. The highest BCUT2D eigenvalue weighted by Gasteiger charge is 2.20. The number of thioether (sulfide) groups is 1. The third kappa shape index (κ3) is 6.80. The summed E-state index contributed by atoms with van der Waals surface area (Å²) < 4.78 is 10.6. The minimum Gasteiger partial charge on any atom is -0.493 e. The van der Waals surface area contributed by atoms with Gasteiger partial charge >= 0.3 is 6.03 Å². The molecule has 3 rings (SSSR count). The second-order valence-electron chi connectivity index (χ2n) is 7.78. The molecule has 0 aromatic heterocycles. The van der Waals surface area contributed by atoms with E-state index in [0.29, 0.717) is 30.5 Å². The first-order chi connectivity index (χ1) is 15.1. The molecule has 1 aliphatic heterocycles. The van der Waals surface area contributed by atoms with Gasteiger partial charge in [-0.15, -0.1) is 11.8 Å². The normalized spacial score (nSPS) is 14.8. The van der Waals surface area contributed by atoms with Crippen LogP contribution in [0.2, 0.25) is 0 Å². The van der Waals surface area contributed by atoms with Gasteiger partial charge in [0.1, 0.15) is 0 Å². The van der Waals surface area contributed by atoms with E-state index >= 15 is 0 Å². The number of hydrogen-bond acceptors (Lipinski definition) is 5. The van der Waals surface area contributed by atoms with Gasteiger partial charge in [-0.3, -0.25) is 4.90 Å². The minimum absolute atomic E-state index is 0.133. The summed E-state index contributed by atoms with van der Waals surface area (Å²) in [5, 5.41) is 5.95. The number of rotatable bonds is 9. The Morgan fingerprint density at radius 1 is 1.06 bits per heavy atom. The summed E-state index contributed by atoms with van der Waals surface area (Å²) in [4.78, 5) is 16.1. The molecule has 2 aromatic rings. The Morgan fingerprint density at radius 2 is 1.81 bits per heavy atom. The highest BCUT2D eigenvalue weighted by atomic mass is 32.2. The van der Waals surface area contributed by atoms with Crippen LogP contribution in [-0.4, -0.2) is 51.0 Å². The van der Waals surface area contributed by atoms with Crippen LogP contribution in [0, 0.1) is 5.92 Å². The first-order valence-corrected chi connectivity index (χ1v) is 11.9. The molecule has 2 amide bonds. The number of nitrogens with one attached hydrogen (secondary N) is 2. The van der Waals surface area contributed by atoms with E-state index in [1.165, 1.54) is 10.5 Å². The predicted octanol–water partition coefficient (Wildman–Crippen LogP) is 4.14. The molecular formula is C24H33N3O3S. The molecule has 7 heteroatoms. The maximum Gasteiger partial charge on any atom is 0.315 e. The van der Waals surface area contributed by atoms with E-state index in [0.717, 1.165) is 38.0 Å². The van der Waals surface area contributed by atoms with Crippen molar-refractivity contribution in [1.82, 2.24) is 15.5 Å². The van der Waals surface area contributed by atoms with Crippen molar-refractivity contribution in [1.29, 1.82) is 0 Å². The summed E-state index contributed by atoms with van der Waals surface area (Å²) in [7, 11) is 3.21. The Morgan fingerprint density at radius 3 is 2.52 bits per heavy atom. The standard InChI is InChI=1S/C24H33N3O3S/c1-29-21-9-8-19(14-22(21)30-2)16-26-24(28)25-15-18-10-12-27(13-11-18)17-20-6-4-5-7-23(20)31-3/h4-9,14,18H,10-13,15-17H2,1-3H3,(H2,25,26,28). The van der Waals surface area contributed by atoms with Crippen molar-refractivity contribution in [3.05, 3.63) is 53.6 Å². The molecule has 1 aliphatic rings. The average Bonchev–Trinajstić information content (AvgIpc) is 2.82. The largest absolute Gasteiger partial charge is 0.493 e. The van der Waals surface area contributed by atoms with E-state index in [1.54, 1.807) is 14.2 Å². The van der Waals surface area contributed by atoms with Gasteiger partial charge in [-0.05, 0) is 67.4 Å².